The van der Waals surface area contributed by atoms with Gasteiger partial charge in [-0.1, -0.05) is 0 Å². The van der Waals surface area contributed by atoms with Crippen LogP contribution in [0.4, 0.5) is 0 Å². The fourth-order valence-electron chi connectivity index (χ4n) is 1.53. The lowest BCUT2D eigenvalue weighted by Crippen LogP contribution is -2.15. The van der Waals surface area contributed by atoms with Gasteiger partial charge in [0.05, 0.1) is 5.52 Å². The average molecular weight is 206 g/mol. The highest BCUT2D eigenvalue weighted by Crippen LogP contribution is 2.18. The Labute approximate surface area is 87.7 Å². The van der Waals surface area contributed by atoms with Crippen molar-refractivity contribution in [2.75, 3.05) is 13.7 Å². The van der Waals surface area contributed by atoms with Crippen LogP contribution in [-0.2, 0) is 4.74 Å². The summed E-state index contributed by atoms with van der Waals surface area (Å²) in [5.41, 5.74) is 8.34. The van der Waals surface area contributed by atoms with Crippen molar-refractivity contribution in [3.05, 3.63) is 23.7 Å². The molecule has 1 atom stereocenters. The van der Waals surface area contributed by atoms with Crippen molar-refractivity contribution in [1.82, 2.24) is 15.0 Å². The SMILES string of the molecule is COC(CN)c1nc2nccc(C)c2[nH]1. The normalized spacial score (nSPS) is 13.3. The van der Waals surface area contributed by atoms with E-state index >= 15 is 0 Å². The second-order valence-corrected chi connectivity index (χ2v) is 3.41. The molecule has 2 aromatic rings. The first-order chi connectivity index (χ1) is 7.26. The number of nitrogens with two attached hydrogens (primary N) is 1. The van der Waals surface area contributed by atoms with Gasteiger partial charge in [-0.2, -0.15) is 0 Å². The van der Waals surface area contributed by atoms with Crippen LogP contribution < -0.4 is 5.73 Å². The van der Waals surface area contributed by atoms with Crippen LogP contribution in [0.5, 0.6) is 0 Å². The number of H-pyrrole nitrogens is 1. The molecule has 5 heteroatoms. The van der Waals surface area contributed by atoms with E-state index in [0.29, 0.717) is 12.2 Å². The summed E-state index contributed by atoms with van der Waals surface area (Å²) in [5, 5.41) is 0. The minimum atomic E-state index is -0.196. The summed E-state index contributed by atoms with van der Waals surface area (Å²) in [4.78, 5) is 11.7. The van der Waals surface area contributed by atoms with Gasteiger partial charge in [-0.3, -0.25) is 0 Å². The van der Waals surface area contributed by atoms with E-state index < -0.39 is 0 Å². The van der Waals surface area contributed by atoms with Gasteiger partial charge in [-0.25, -0.2) is 9.97 Å². The zero-order valence-corrected chi connectivity index (χ0v) is 8.82. The molecular formula is C10H14N4O. The van der Waals surface area contributed by atoms with Gasteiger partial charge in [0.2, 0.25) is 0 Å². The summed E-state index contributed by atoms with van der Waals surface area (Å²) in [6.07, 6.45) is 1.55. The molecular weight excluding hydrogens is 192 g/mol. The van der Waals surface area contributed by atoms with Crippen molar-refractivity contribution >= 4 is 11.2 Å². The molecule has 2 aromatic heterocycles. The van der Waals surface area contributed by atoms with Crippen LogP contribution in [0.25, 0.3) is 11.2 Å². The molecule has 0 saturated carbocycles. The Morgan fingerprint density at radius 2 is 2.40 bits per heavy atom. The average Bonchev–Trinajstić information content (AvgIpc) is 2.65. The highest BCUT2D eigenvalue weighted by atomic mass is 16.5. The maximum atomic E-state index is 5.57. The number of nitrogens with one attached hydrogen (secondary N) is 1. The number of nitrogens with zero attached hydrogens (tertiary/aromatic N) is 2. The van der Waals surface area contributed by atoms with Gasteiger partial charge in [0, 0.05) is 19.9 Å². The Morgan fingerprint density at radius 1 is 1.60 bits per heavy atom. The number of pyridine rings is 1. The van der Waals surface area contributed by atoms with E-state index in [4.69, 9.17) is 10.5 Å². The van der Waals surface area contributed by atoms with Gasteiger partial charge in [-0.05, 0) is 18.6 Å². The number of aromatic nitrogens is 3. The van der Waals surface area contributed by atoms with E-state index in [2.05, 4.69) is 15.0 Å². The van der Waals surface area contributed by atoms with Gasteiger partial charge < -0.3 is 15.5 Å². The topological polar surface area (TPSA) is 76.8 Å². The number of hydrogen-bond donors (Lipinski definition) is 2. The highest BCUT2D eigenvalue weighted by molar-refractivity contribution is 5.74. The molecule has 5 nitrogen and oxygen atoms in total. The molecule has 0 bridgehead atoms. The Hall–Kier alpha value is -1.46. The molecule has 0 aliphatic heterocycles. The first-order valence-corrected chi connectivity index (χ1v) is 4.80. The molecule has 15 heavy (non-hydrogen) atoms. The van der Waals surface area contributed by atoms with Crippen molar-refractivity contribution in [3.63, 3.8) is 0 Å². The summed E-state index contributed by atoms with van der Waals surface area (Å²) in [7, 11) is 1.62. The maximum absolute atomic E-state index is 5.57. The molecule has 0 aliphatic carbocycles. The molecule has 0 saturated heterocycles. The number of imidazole rings is 1. The summed E-state index contributed by atoms with van der Waals surface area (Å²) in [5.74, 6) is 0.733. The predicted molar refractivity (Wildman–Crippen MR) is 57.4 cm³/mol. The van der Waals surface area contributed by atoms with Crippen LogP contribution in [0.2, 0.25) is 0 Å². The van der Waals surface area contributed by atoms with E-state index in [0.717, 1.165) is 16.9 Å². The van der Waals surface area contributed by atoms with E-state index in [1.54, 1.807) is 13.3 Å². The highest BCUT2D eigenvalue weighted by Gasteiger charge is 2.14. The molecule has 0 amide bonds. The Bertz CT molecular complexity index is 461. The Kier molecular flexibility index (Phi) is 2.66. The molecule has 1 unspecified atom stereocenters. The van der Waals surface area contributed by atoms with Gasteiger partial charge in [-0.15, -0.1) is 0 Å². The molecule has 2 heterocycles. The number of fused-ring (bicyclic) bond motifs is 1. The van der Waals surface area contributed by atoms with Crippen LogP contribution in [0, 0.1) is 6.92 Å². The lowest BCUT2D eigenvalue weighted by Gasteiger charge is -2.08. The Morgan fingerprint density at radius 3 is 3.00 bits per heavy atom. The van der Waals surface area contributed by atoms with Crippen LogP contribution in [0.1, 0.15) is 17.5 Å². The quantitative estimate of drug-likeness (QED) is 0.782. The molecule has 0 spiro atoms. The van der Waals surface area contributed by atoms with Crippen molar-refractivity contribution in [2.45, 2.75) is 13.0 Å². The van der Waals surface area contributed by atoms with Crippen LogP contribution >= 0.6 is 0 Å². The Balaban J connectivity index is 2.51. The molecule has 3 N–H and O–H groups in total. The van der Waals surface area contributed by atoms with E-state index in [1.165, 1.54) is 0 Å². The molecule has 0 radical (unpaired) electrons. The number of aromatic amines is 1. The minimum Gasteiger partial charge on any atom is -0.372 e. The summed E-state index contributed by atoms with van der Waals surface area (Å²) in [6.45, 7) is 2.41. The third-order valence-electron chi connectivity index (χ3n) is 2.42. The first-order valence-electron chi connectivity index (χ1n) is 4.80. The van der Waals surface area contributed by atoms with Gasteiger partial charge in [0.25, 0.3) is 0 Å². The van der Waals surface area contributed by atoms with Crippen LogP contribution in [0.15, 0.2) is 12.3 Å². The van der Waals surface area contributed by atoms with Crippen molar-refractivity contribution in [1.29, 1.82) is 0 Å². The lowest BCUT2D eigenvalue weighted by atomic mass is 10.3. The molecule has 0 aromatic carbocycles. The fraction of sp³-hybridized carbons (Fsp3) is 0.400. The van der Waals surface area contributed by atoms with E-state index in [1.807, 2.05) is 13.0 Å². The lowest BCUT2D eigenvalue weighted by molar-refractivity contribution is 0.104. The molecule has 0 fully saturated rings. The fourth-order valence-corrected chi connectivity index (χ4v) is 1.53. The minimum absolute atomic E-state index is 0.196. The second kappa shape index (κ2) is 3.96. The van der Waals surface area contributed by atoms with Gasteiger partial charge >= 0.3 is 0 Å². The largest absolute Gasteiger partial charge is 0.372 e. The molecule has 0 aliphatic rings. The monoisotopic (exact) mass is 206 g/mol. The summed E-state index contributed by atoms with van der Waals surface area (Å²) < 4.78 is 5.21. The summed E-state index contributed by atoms with van der Waals surface area (Å²) in [6, 6.07) is 1.94. The van der Waals surface area contributed by atoms with Crippen LogP contribution in [-0.4, -0.2) is 28.6 Å². The first kappa shape index (κ1) is 10.1. The maximum Gasteiger partial charge on any atom is 0.178 e. The van der Waals surface area contributed by atoms with Crippen molar-refractivity contribution in [3.8, 4) is 0 Å². The third kappa shape index (κ3) is 1.71. The van der Waals surface area contributed by atoms with E-state index in [-0.39, 0.29) is 6.10 Å². The predicted octanol–water partition coefficient (Wildman–Crippen LogP) is 0.913. The van der Waals surface area contributed by atoms with Gasteiger partial charge in [0.1, 0.15) is 11.9 Å². The van der Waals surface area contributed by atoms with Gasteiger partial charge in [0.15, 0.2) is 5.65 Å². The number of methoxy groups -OCH3 is 1. The smallest absolute Gasteiger partial charge is 0.178 e. The van der Waals surface area contributed by atoms with Crippen molar-refractivity contribution in [2.24, 2.45) is 5.73 Å². The van der Waals surface area contributed by atoms with Crippen molar-refractivity contribution < 1.29 is 4.74 Å². The second-order valence-electron chi connectivity index (χ2n) is 3.41. The number of rotatable bonds is 3. The third-order valence-corrected chi connectivity index (χ3v) is 2.42. The standard InChI is InChI=1S/C10H14N4O/c1-6-3-4-12-10-8(6)13-9(14-10)7(5-11)15-2/h3-4,7H,5,11H2,1-2H3,(H,12,13,14). The molecule has 80 valence electrons. The molecule has 2 rings (SSSR count). The van der Waals surface area contributed by atoms with Crippen LogP contribution in [0.3, 0.4) is 0 Å². The zero-order chi connectivity index (χ0) is 10.8. The van der Waals surface area contributed by atoms with E-state index in [9.17, 15) is 0 Å². The number of ether oxygens (including phenoxy) is 1. The number of hydrogen-bond acceptors (Lipinski definition) is 4. The summed E-state index contributed by atoms with van der Waals surface area (Å²) >= 11 is 0. The zero-order valence-electron chi connectivity index (χ0n) is 8.82. The number of aryl methyl sites for hydroxylation is 1.